The first-order valence-electron chi connectivity index (χ1n) is 9.38. The first-order chi connectivity index (χ1) is 13.5. The second-order valence-electron chi connectivity index (χ2n) is 7.57. The van der Waals surface area contributed by atoms with Crippen LogP contribution in [0.2, 0.25) is 0 Å². The maximum atomic E-state index is 13.0. The number of carbonyl (C=O) groups excluding carboxylic acids is 2. The fourth-order valence-corrected chi connectivity index (χ4v) is 4.18. The quantitative estimate of drug-likeness (QED) is 0.808. The van der Waals surface area contributed by atoms with Gasteiger partial charge >= 0.3 is 0 Å². The second kappa shape index (κ2) is 7.10. The fraction of sp³-hybridized carbons (Fsp3) is 0.318. The maximum absolute atomic E-state index is 13.0. The molecule has 4 rings (SSSR count). The van der Waals surface area contributed by atoms with Gasteiger partial charge in [-0.25, -0.2) is 0 Å². The summed E-state index contributed by atoms with van der Waals surface area (Å²) >= 11 is 0. The Morgan fingerprint density at radius 2 is 1.89 bits per heavy atom. The molecule has 2 amide bonds. The van der Waals surface area contributed by atoms with E-state index in [2.05, 4.69) is 11.0 Å². The number of para-hydroxylation sites is 1. The topological polar surface area (TPSA) is 67.7 Å². The Balaban J connectivity index is 1.56. The van der Waals surface area contributed by atoms with Gasteiger partial charge in [0, 0.05) is 30.9 Å². The normalized spacial score (nSPS) is 22.5. The Kier molecular flexibility index (Phi) is 4.62. The monoisotopic (exact) mass is 374 g/mol. The number of hydrogen-bond donors (Lipinski definition) is 0. The average molecular weight is 374 g/mol. The smallest absolute Gasteiger partial charge is 0.253 e. The molecule has 6 nitrogen and oxygen atoms in total. The molecule has 0 bridgehead atoms. The maximum Gasteiger partial charge on any atom is 0.253 e. The largest absolute Gasteiger partial charge is 0.337 e. The lowest BCUT2D eigenvalue weighted by Crippen LogP contribution is -2.64. The molecule has 2 aliphatic rings. The Bertz CT molecular complexity index is 953. The van der Waals surface area contributed by atoms with Gasteiger partial charge in [0.1, 0.15) is 0 Å². The Labute approximate surface area is 164 Å². The zero-order valence-corrected chi connectivity index (χ0v) is 15.8. The van der Waals surface area contributed by atoms with Gasteiger partial charge in [-0.3, -0.25) is 14.5 Å². The molecule has 2 saturated heterocycles. The number of carbonyl (C=O) groups is 2. The summed E-state index contributed by atoms with van der Waals surface area (Å²) in [6.45, 7) is 2.10. The van der Waals surface area contributed by atoms with Crippen molar-refractivity contribution >= 4 is 17.5 Å². The highest BCUT2D eigenvalue weighted by molar-refractivity contribution is 5.97. The molecule has 0 saturated carbocycles. The van der Waals surface area contributed by atoms with Crippen LogP contribution in [0.1, 0.15) is 22.3 Å². The molecule has 0 unspecified atom stereocenters. The Hall–Kier alpha value is -3.17. The van der Waals surface area contributed by atoms with Crippen LogP contribution in [-0.2, 0) is 4.79 Å². The highest BCUT2D eigenvalue weighted by Crippen LogP contribution is 2.34. The van der Waals surface area contributed by atoms with Gasteiger partial charge < -0.3 is 9.80 Å². The van der Waals surface area contributed by atoms with E-state index in [1.807, 2.05) is 47.2 Å². The molecule has 6 heteroatoms. The van der Waals surface area contributed by atoms with E-state index in [9.17, 15) is 9.59 Å². The van der Waals surface area contributed by atoms with Crippen molar-refractivity contribution < 1.29 is 9.59 Å². The summed E-state index contributed by atoms with van der Waals surface area (Å²) in [5.41, 5.74) is 1.65. The van der Waals surface area contributed by atoms with Crippen molar-refractivity contribution in [3.63, 3.8) is 0 Å². The molecule has 2 aromatic rings. The minimum atomic E-state index is -0.258. The van der Waals surface area contributed by atoms with E-state index >= 15 is 0 Å². The molecule has 142 valence electrons. The zero-order chi connectivity index (χ0) is 19.7. The number of likely N-dealkylation sites (tertiary alicyclic amines) is 1. The lowest BCUT2D eigenvalue weighted by Gasteiger charge is -2.46. The van der Waals surface area contributed by atoms with Gasteiger partial charge in [0.15, 0.2) is 0 Å². The molecule has 0 aliphatic carbocycles. The van der Waals surface area contributed by atoms with E-state index in [1.165, 1.54) is 0 Å². The molecule has 1 atom stereocenters. The van der Waals surface area contributed by atoms with Crippen LogP contribution in [0, 0.1) is 11.3 Å². The van der Waals surface area contributed by atoms with Crippen molar-refractivity contribution in [1.29, 1.82) is 5.26 Å². The van der Waals surface area contributed by atoms with Gasteiger partial charge in [-0.1, -0.05) is 24.3 Å². The summed E-state index contributed by atoms with van der Waals surface area (Å²) in [5, 5.41) is 9.09. The molecule has 2 fully saturated rings. The Morgan fingerprint density at radius 1 is 1.11 bits per heavy atom. The number of piperazine rings is 1. The summed E-state index contributed by atoms with van der Waals surface area (Å²) in [6.07, 6.45) is 0.809. The molecule has 2 heterocycles. The number of nitriles is 1. The molecule has 2 aliphatic heterocycles. The Morgan fingerprint density at radius 3 is 2.64 bits per heavy atom. The van der Waals surface area contributed by atoms with Crippen LogP contribution < -0.4 is 4.90 Å². The van der Waals surface area contributed by atoms with E-state index < -0.39 is 0 Å². The molecule has 2 aromatic carbocycles. The predicted octanol–water partition coefficient (Wildman–Crippen LogP) is 2.12. The zero-order valence-electron chi connectivity index (χ0n) is 15.8. The second-order valence-corrected chi connectivity index (χ2v) is 7.57. The highest BCUT2D eigenvalue weighted by Gasteiger charge is 2.48. The van der Waals surface area contributed by atoms with Gasteiger partial charge in [0.25, 0.3) is 5.91 Å². The van der Waals surface area contributed by atoms with Crippen molar-refractivity contribution in [2.75, 3.05) is 38.1 Å². The van der Waals surface area contributed by atoms with E-state index in [0.717, 1.165) is 12.1 Å². The standard InChI is InChI=1S/C22H22N4O2/c1-24-14-20(27)26(19-8-3-2-4-9-19)16-22(24)10-11-25(15-22)21(28)18-7-5-6-17(12-18)13-23/h2-9,12H,10-11,14-16H2,1H3/t22-/m0/s1. The van der Waals surface area contributed by atoms with Gasteiger partial charge in [-0.05, 0) is 43.8 Å². The minimum Gasteiger partial charge on any atom is -0.337 e. The minimum absolute atomic E-state index is 0.0643. The predicted molar refractivity (Wildman–Crippen MR) is 106 cm³/mol. The molecule has 0 N–H and O–H groups in total. The van der Waals surface area contributed by atoms with Crippen molar-refractivity contribution in [3.05, 3.63) is 65.7 Å². The SMILES string of the molecule is CN1CC(=O)N(c2ccccc2)C[C@@]12CCN(C(=O)c1cccc(C#N)c1)C2. The lowest BCUT2D eigenvalue weighted by molar-refractivity contribution is -0.123. The molecular weight excluding hydrogens is 352 g/mol. The van der Waals surface area contributed by atoms with E-state index in [1.54, 1.807) is 24.3 Å². The fourth-order valence-electron chi connectivity index (χ4n) is 4.18. The molecule has 0 radical (unpaired) electrons. The first kappa shape index (κ1) is 18.2. The summed E-state index contributed by atoms with van der Waals surface area (Å²) in [5.74, 6) is 0.0105. The van der Waals surface area contributed by atoms with Crippen LogP contribution in [0.25, 0.3) is 0 Å². The summed E-state index contributed by atoms with van der Waals surface area (Å²) in [4.78, 5) is 31.4. The number of benzene rings is 2. The van der Waals surface area contributed by atoms with Crippen molar-refractivity contribution in [2.24, 2.45) is 0 Å². The molecule has 28 heavy (non-hydrogen) atoms. The third-order valence-corrected chi connectivity index (χ3v) is 5.86. The third-order valence-electron chi connectivity index (χ3n) is 5.86. The molecular formula is C22H22N4O2. The van der Waals surface area contributed by atoms with Crippen molar-refractivity contribution in [1.82, 2.24) is 9.80 Å². The molecule has 1 spiro atoms. The lowest BCUT2D eigenvalue weighted by atomic mass is 9.92. The van der Waals surface area contributed by atoms with E-state index in [-0.39, 0.29) is 17.4 Å². The number of amides is 2. The highest BCUT2D eigenvalue weighted by atomic mass is 16.2. The van der Waals surface area contributed by atoms with E-state index in [4.69, 9.17) is 5.26 Å². The van der Waals surface area contributed by atoms with Crippen LogP contribution in [0.15, 0.2) is 54.6 Å². The number of rotatable bonds is 2. The van der Waals surface area contributed by atoms with Gasteiger partial charge in [0.2, 0.25) is 5.91 Å². The summed E-state index contributed by atoms with van der Waals surface area (Å²) in [6, 6.07) is 18.6. The van der Waals surface area contributed by atoms with Crippen molar-refractivity contribution in [2.45, 2.75) is 12.0 Å². The van der Waals surface area contributed by atoms with Crippen LogP contribution in [0.5, 0.6) is 0 Å². The third kappa shape index (κ3) is 3.14. The summed E-state index contributed by atoms with van der Waals surface area (Å²) in [7, 11) is 1.96. The summed E-state index contributed by atoms with van der Waals surface area (Å²) < 4.78 is 0. The van der Waals surface area contributed by atoms with Gasteiger partial charge in [0.05, 0.1) is 23.7 Å². The number of nitrogens with zero attached hydrogens (tertiary/aromatic N) is 4. The molecule has 0 aromatic heterocycles. The van der Waals surface area contributed by atoms with E-state index in [0.29, 0.717) is 37.3 Å². The van der Waals surface area contributed by atoms with Crippen LogP contribution in [-0.4, -0.2) is 60.4 Å². The number of likely N-dealkylation sites (N-methyl/N-ethyl adjacent to an activating group) is 1. The van der Waals surface area contributed by atoms with Crippen LogP contribution in [0.3, 0.4) is 0 Å². The first-order valence-corrected chi connectivity index (χ1v) is 9.38. The average Bonchev–Trinajstić information content (AvgIpc) is 3.16. The number of anilines is 1. The van der Waals surface area contributed by atoms with Gasteiger partial charge in [-0.15, -0.1) is 0 Å². The number of hydrogen-bond acceptors (Lipinski definition) is 4. The van der Waals surface area contributed by atoms with Crippen molar-refractivity contribution in [3.8, 4) is 6.07 Å². The van der Waals surface area contributed by atoms with Gasteiger partial charge in [-0.2, -0.15) is 5.26 Å². The van der Waals surface area contributed by atoms with Crippen LogP contribution in [0.4, 0.5) is 5.69 Å². The van der Waals surface area contributed by atoms with Crippen LogP contribution >= 0.6 is 0 Å².